The van der Waals surface area contributed by atoms with Crippen molar-refractivity contribution in [2.75, 3.05) is 39.9 Å². The van der Waals surface area contributed by atoms with Crippen molar-refractivity contribution in [3.05, 3.63) is 53.3 Å². The van der Waals surface area contributed by atoms with Crippen molar-refractivity contribution >= 4 is 0 Å². The molecule has 0 aliphatic carbocycles. The summed E-state index contributed by atoms with van der Waals surface area (Å²) >= 11 is 0. The quantitative estimate of drug-likeness (QED) is 0.471. The van der Waals surface area contributed by atoms with Gasteiger partial charge in [-0.1, -0.05) is 6.07 Å². The largest absolute Gasteiger partial charge is 0.497 e. The van der Waals surface area contributed by atoms with Gasteiger partial charge in [0.25, 0.3) is 0 Å². The van der Waals surface area contributed by atoms with E-state index in [1.54, 1.807) is 7.11 Å². The molecule has 1 aliphatic heterocycles. The van der Waals surface area contributed by atoms with Crippen molar-refractivity contribution in [1.82, 2.24) is 15.2 Å². The van der Waals surface area contributed by atoms with E-state index in [2.05, 4.69) is 28.2 Å². The van der Waals surface area contributed by atoms with Gasteiger partial charge < -0.3 is 29.9 Å². The summed E-state index contributed by atoms with van der Waals surface area (Å²) in [6.07, 6.45) is 3.43. The molecule has 3 N–H and O–H groups in total. The van der Waals surface area contributed by atoms with Crippen LogP contribution < -0.4 is 14.8 Å². The molecule has 0 amide bonds. The summed E-state index contributed by atoms with van der Waals surface area (Å²) in [5.41, 5.74) is 3.29. The molecule has 0 radical (unpaired) electrons. The number of nitrogens with one attached hydrogen (secondary N) is 1. The molecule has 1 atom stereocenters. The molecule has 2 aromatic rings. The van der Waals surface area contributed by atoms with E-state index in [1.165, 1.54) is 5.56 Å². The monoisotopic (exact) mass is 429 g/mol. The van der Waals surface area contributed by atoms with Crippen LogP contribution in [0.1, 0.15) is 29.7 Å². The number of β-amino-alcohol motifs (C(OH)–C–C–N with tert-alkyl or cyclic N) is 1. The average Bonchev–Trinajstić information content (AvgIpc) is 2.78. The zero-order valence-corrected chi connectivity index (χ0v) is 18.6. The van der Waals surface area contributed by atoms with Crippen molar-refractivity contribution in [1.29, 1.82) is 0 Å². The number of pyridine rings is 1. The van der Waals surface area contributed by atoms with Crippen molar-refractivity contribution < 1.29 is 19.7 Å². The smallest absolute Gasteiger partial charge is 0.124 e. The minimum Gasteiger partial charge on any atom is -0.497 e. The number of aromatic nitrogens is 1. The number of nitrogens with zero attached hydrogens (tertiary/aromatic N) is 2. The maximum absolute atomic E-state index is 10.4. The van der Waals surface area contributed by atoms with Gasteiger partial charge in [0.1, 0.15) is 24.2 Å². The standard InChI is InChI=1S/C24H35N3O4/c1-18-4-3-10-26-23(18)7-11-25-15-19-14-22(30-2)5-6-24(19)31-17-21(29)16-27-12-8-20(28)9-13-27/h3-6,10,14,20-21,25,28-29H,7-9,11-13,15-17H2,1-2H3. The third kappa shape index (κ3) is 7.47. The van der Waals surface area contributed by atoms with E-state index in [0.717, 1.165) is 61.7 Å². The predicted molar refractivity (Wildman–Crippen MR) is 121 cm³/mol. The van der Waals surface area contributed by atoms with E-state index >= 15 is 0 Å². The first kappa shape index (κ1) is 23.5. The number of piperidine rings is 1. The molecule has 0 bridgehead atoms. The number of aryl methyl sites for hydroxylation is 1. The number of ether oxygens (including phenoxy) is 2. The van der Waals surface area contributed by atoms with Gasteiger partial charge in [-0.25, -0.2) is 0 Å². The van der Waals surface area contributed by atoms with Crippen molar-refractivity contribution in [3.8, 4) is 11.5 Å². The van der Waals surface area contributed by atoms with Crippen LogP contribution in [0.3, 0.4) is 0 Å². The first-order valence-electron chi connectivity index (χ1n) is 11.0. The Kier molecular flexibility index (Phi) is 9.09. The van der Waals surface area contributed by atoms with Gasteiger partial charge in [0.2, 0.25) is 0 Å². The van der Waals surface area contributed by atoms with Gasteiger partial charge in [0.05, 0.1) is 13.2 Å². The molecule has 1 aromatic heterocycles. The van der Waals surface area contributed by atoms with E-state index in [4.69, 9.17) is 9.47 Å². The van der Waals surface area contributed by atoms with E-state index in [1.807, 2.05) is 30.5 Å². The Morgan fingerprint density at radius 3 is 2.81 bits per heavy atom. The highest BCUT2D eigenvalue weighted by Crippen LogP contribution is 2.24. The second-order valence-electron chi connectivity index (χ2n) is 8.16. The lowest BCUT2D eigenvalue weighted by molar-refractivity contribution is 0.0336. The molecule has 1 saturated heterocycles. The van der Waals surface area contributed by atoms with Gasteiger partial charge >= 0.3 is 0 Å². The molecule has 1 aliphatic rings. The van der Waals surface area contributed by atoms with Crippen LogP contribution in [0.2, 0.25) is 0 Å². The van der Waals surface area contributed by atoms with Crippen LogP contribution in [0.25, 0.3) is 0 Å². The Labute approximate surface area is 185 Å². The topological polar surface area (TPSA) is 87.1 Å². The molecule has 1 unspecified atom stereocenters. The Morgan fingerprint density at radius 2 is 2.06 bits per heavy atom. The molecule has 3 rings (SSSR count). The summed E-state index contributed by atoms with van der Waals surface area (Å²) < 4.78 is 11.3. The van der Waals surface area contributed by atoms with Gasteiger partial charge in [0.15, 0.2) is 0 Å². The number of hydrogen-bond acceptors (Lipinski definition) is 7. The summed E-state index contributed by atoms with van der Waals surface area (Å²) in [4.78, 5) is 6.62. The molecular weight excluding hydrogens is 394 g/mol. The number of aliphatic hydroxyl groups is 2. The lowest BCUT2D eigenvalue weighted by atomic mass is 10.1. The Balaban J connectivity index is 1.49. The average molecular weight is 430 g/mol. The maximum Gasteiger partial charge on any atom is 0.124 e. The summed E-state index contributed by atoms with van der Waals surface area (Å²) in [6, 6.07) is 9.76. The first-order chi connectivity index (χ1) is 15.0. The lowest BCUT2D eigenvalue weighted by Crippen LogP contribution is -2.41. The van der Waals surface area contributed by atoms with Crippen molar-refractivity contribution in [2.45, 2.75) is 44.9 Å². The molecule has 0 saturated carbocycles. The lowest BCUT2D eigenvalue weighted by Gasteiger charge is -2.31. The van der Waals surface area contributed by atoms with Crippen molar-refractivity contribution in [3.63, 3.8) is 0 Å². The minimum absolute atomic E-state index is 0.208. The summed E-state index contributed by atoms with van der Waals surface area (Å²) in [5.74, 6) is 1.52. The third-order valence-corrected chi connectivity index (χ3v) is 5.70. The Hall–Kier alpha value is -2.19. The maximum atomic E-state index is 10.4. The van der Waals surface area contributed by atoms with Crippen molar-refractivity contribution in [2.24, 2.45) is 0 Å². The van der Waals surface area contributed by atoms with Crippen LogP contribution in [-0.2, 0) is 13.0 Å². The fourth-order valence-corrected chi connectivity index (χ4v) is 3.81. The van der Waals surface area contributed by atoms with E-state index in [9.17, 15) is 10.2 Å². The zero-order valence-electron chi connectivity index (χ0n) is 18.6. The molecule has 7 heteroatoms. The number of aliphatic hydroxyl groups excluding tert-OH is 2. The van der Waals surface area contributed by atoms with Gasteiger partial charge in [-0.15, -0.1) is 0 Å². The fourth-order valence-electron chi connectivity index (χ4n) is 3.81. The first-order valence-corrected chi connectivity index (χ1v) is 11.0. The summed E-state index contributed by atoms with van der Waals surface area (Å²) in [6.45, 7) is 5.92. The molecule has 1 aromatic carbocycles. The van der Waals surface area contributed by atoms with Crippen LogP contribution in [-0.4, -0.2) is 72.2 Å². The Bertz CT molecular complexity index is 809. The van der Waals surface area contributed by atoms with Gasteiger partial charge in [-0.05, 0) is 49.6 Å². The molecule has 170 valence electrons. The van der Waals surface area contributed by atoms with Crippen LogP contribution in [0, 0.1) is 6.92 Å². The molecule has 2 heterocycles. The highest BCUT2D eigenvalue weighted by atomic mass is 16.5. The SMILES string of the molecule is COc1ccc(OCC(O)CN2CCC(O)CC2)c(CNCCc2ncccc2C)c1. The summed E-state index contributed by atoms with van der Waals surface area (Å²) in [7, 11) is 1.65. The molecule has 0 spiro atoms. The van der Waals surface area contributed by atoms with Crippen LogP contribution in [0.15, 0.2) is 36.5 Å². The number of rotatable bonds is 11. The van der Waals surface area contributed by atoms with Crippen LogP contribution in [0.4, 0.5) is 0 Å². The second-order valence-corrected chi connectivity index (χ2v) is 8.16. The molecular formula is C24H35N3O4. The third-order valence-electron chi connectivity index (χ3n) is 5.70. The molecule has 1 fully saturated rings. The number of benzene rings is 1. The van der Waals surface area contributed by atoms with Gasteiger partial charge in [-0.2, -0.15) is 0 Å². The predicted octanol–water partition coefficient (Wildman–Crippen LogP) is 1.93. The zero-order chi connectivity index (χ0) is 22.1. The minimum atomic E-state index is -0.578. The second kappa shape index (κ2) is 12.0. The van der Waals surface area contributed by atoms with Gasteiger partial charge in [-0.3, -0.25) is 4.98 Å². The Morgan fingerprint density at radius 1 is 1.26 bits per heavy atom. The number of methoxy groups -OCH3 is 1. The van der Waals surface area contributed by atoms with Crippen LogP contribution >= 0.6 is 0 Å². The fraction of sp³-hybridized carbons (Fsp3) is 0.542. The molecule has 7 nitrogen and oxygen atoms in total. The molecule has 31 heavy (non-hydrogen) atoms. The highest BCUT2D eigenvalue weighted by molar-refractivity contribution is 5.40. The van der Waals surface area contributed by atoms with Crippen LogP contribution in [0.5, 0.6) is 11.5 Å². The van der Waals surface area contributed by atoms with Gasteiger partial charge in [0, 0.05) is 56.6 Å². The number of likely N-dealkylation sites (tertiary alicyclic amines) is 1. The van der Waals surface area contributed by atoms with E-state index in [-0.39, 0.29) is 12.7 Å². The van der Waals surface area contributed by atoms with E-state index in [0.29, 0.717) is 13.1 Å². The highest BCUT2D eigenvalue weighted by Gasteiger charge is 2.20. The van der Waals surface area contributed by atoms with E-state index < -0.39 is 6.10 Å². The normalized spacial score (nSPS) is 16.3. The summed E-state index contributed by atoms with van der Waals surface area (Å²) in [5, 5.41) is 23.5. The number of hydrogen-bond donors (Lipinski definition) is 3.